The number of imidazole rings is 1. The van der Waals surface area contributed by atoms with E-state index >= 15 is 0 Å². The first-order valence-corrected chi connectivity index (χ1v) is 7.00. The van der Waals surface area contributed by atoms with E-state index in [-0.39, 0.29) is 0 Å². The number of benzene rings is 1. The number of pyridine rings is 1. The predicted octanol–water partition coefficient (Wildman–Crippen LogP) is 2.97. The standard InChI is InChI=1S/C17H19N3O/c1-19(2)12-15-11-18-17-16(9-6-10-20(15)17)21-13-14-7-4-3-5-8-14/h3-11H,12-13H2,1-2H3. The molecule has 1 aromatic carbocycles. The minimum Gasteiger partial charge on any atom is -0.485 e. The van der Waals surface area contributed by atoms with Crippen molar-refractivity contribution in [2.45, 2.75) is 13.2 Å². The normalized spacial score (nSPS) is 11.2. The molecule has 4 nitrogen and oxygen atoms in total. The van der Waals surface area contributed by atoms with Crippen LogP contribution >= 0.6 is 0 Å². The summed E-state index contributed by atoms with van der Waals surface area (Å²) in [6.07, 6.45) is 3.93. The van der Waals surface area contributed by atoms with Gasteiger partial charge in [0.25, 0.3) is 0 Å². The van der Waals surface area contributed by atoms with Crippen molar-refractivity contribution >= 4 is 5.65 Å². The molecule has 21 heavy (non-hydrogen) atoms. The molecule has 0 radical (unpaired) electrons. The molecule has 0 bridgehead atoms. The number of nitrogens with zero attached hydrogens (tertiary/aromatic N) is 3. The third kappa shape index (κ3) is 3.06. The zero-order valence-electron chi connectivity index (χ0n) is 12.4. The van der Waals surface area contributed by atoms with Gasteiger partial charge in [-0.2, -0.15) is 0 Å². The summed E-state index contributed by atoms with van der Waals surface area (Å²) >= 11 is 0. The van der Waals surface area contributed by atoms with Crippen molar-refractivity contribution in [3.05, 3.63) is 66.1 Å². The minimum atomic E-state index is 0.552. The van der Waals surface area contributed by atoms with Crippen LogP contribution in [0.1, 0.15) is 11.3 Å². The Morgan fingerprint density at radius 3 is 2.67 bits per heavy atom. The van der Waals surface area contributed by atoms with Crippen LogP contribution in [0.15, 0.2) is 54.9 Å². The maximum absolute atomic E-state index is 5.93. The van der Waals surface area contributed by atoms with Crippen LogP contribution < -0.4 is 4.74 Å². The zero-order valence-corrected chi connectivity index (χ0v) is 12.4. The predicted molar refractivity (Wildman–Crippen MR) is 83.4 cm³/mol. The Hall–Kier alpha value is -2.33. The molecular formula is C17H19N3O. The van der Waals surface area contributed by atoms with Crippen LogP contribution in [0.25, 0.3) is 5.65 Å². The summed E-state index contributed by atoms with van der Waals surface area (Å²) in [6.45, 7) is 1.40. The molecule has 0 unspecified atom stereocenters. The molecule has 0 aliphatic rings. The quantitative estimate of drug-likeness (QED) is 0.720. The van der Waals surface area contributed by atoms with Crippen LogP contribution in [0.2, 0.25) is 0 Å². The maximum atomic E-state index is 5.93. The first-order chi connectivity index (χ1) is 10.2. The van der Waals surface area contributed by atoms with E-state index in [4.69, 9.17) is 4.74 Å². The van der Waals surface area contributed by atoms with E-state index in [2.05, 4.69) is 40.5 Å². The highest BCUT2D eigenvalue weighted by molar-refractivity contribution is 5.54. The molecule has 4 heteroatoms. The fourth-order valence-electron chi connectivity index (χ4n) is 2.32. The van der Waals surface area contributed by atoms with E-state index in [1.54, 1.807) is 0 Å². The molecule has 0 amide bonds. The van der Waals surface area contributed by atoms with Crippen LogP contribution in [0, 0.1) is 0 Å². The summed E-state index contributed by atoms with van der Waals surface area (Å²) in [5.41, 5.74) is 3.17. The lowest BCUT2D eigenvalue weighted by atomic mass is 10.2. The zero-order chi connectivity index (χ0) is 14.7. The molecule has 108 valence electrons. The molecule has 2 heterocycles. The van der Waals surface area contributed by atoms with E-state index in [0.717, 1.165) is 29.2 Å². The highest BCUT2D eigenvalue weighted by Gasteiger charge is 2.09. The molecule has 3 aromatic rings. The second-order valence-electron chi connectivity index (χ2n) is 5.33. The fraction of sp³-hybridized carbons (Fsp3) is 0.235. The van der Waals surface area contributed by atoms with Crippen LogP contribution in [0.5, 0.6) is 5.75 Å². The summed E-state index contributed by atoms with van der Waals surface area (Å²) in [7, 11) is 4.10. The molecule has 0 fully saturated rings. The van der Waals surface area contributed by atoms with Gasteiger partial charge in [0.15, 0.2) is 11.4 Å². The average molecular weight is 281 g/mol. The van der Waals surface area contributed by atoms with Crippen molar-refractivity contribution in [2.24, 2.45) is 0 Å². The number of fused-ring (bicyclic) bond motifs is 1. The van der Waals surface area contributed by atoms with Gasteiger partial charge in [0.1, 0.15) is 6.61 Å². The molecule has 2 aromatic heterocycles. The van der Waals surface area contributed by atoms with E-state index in [0.29, 0.717) is 6.61 Å². The van der Waals surface area contributed by atoms with Gasteiger partial charge >= 0.3 is 0 Å². The van der Waals surface area contributed by atoms with E-state index in [9.17, 15) is 0 Å². The van der Waals surface area contributed by atoms with E-state index < -0.39 is 0 Å². The van der Waals surface area contributed by atoms with Gasteiger partial charge < -0.3 is 9.64 Å². The van der Waals surface area contributed by atoms with Gasteiger partial charge in [0.2, 0.25) is 0 Å². The van der Waals surface area contributed by atoms with Crippen molar-refractivity contribution < 1.29 is 4.74 Å². The van der Waals surface area contributed by atoms with Gasteiger partial charge in [-0.1, -0.05) is 30.3 Å². The number of aromatic nitrogens is 2. The Labute approximate surface area is 124 Å². The summed E-state index contributed by atoms with van der Waals surface area (Å²) in [4.78, 5) is 6.62. The molecule has 0 spiro atoms. The van der Waals surface area contributed by atoms with Crippen LogP contribution in [-0.4, -0.2) is 28.4 Å². The fourth-order valence-corrected chi connectivity index (χ4v) is 2.32. The largest absolute Gasteiger partial charge is 0.485 e. The second kappa shape index (κ2) is 5.97. The number of ether oxygens (including phenoxy) is 1. The Bertz CT molecular complexity index is 719. The van der Waals surface area contributed by atoms with Gasteiger partial charge in [0.05, 0.1) is 11.9 Å². The topological polar surface area (TPSA) is 29.8 Å². The molecule has 0 aliphatic heterocycles. The van der Waals surface area contributed by atoms with Gasteiger partial charge in [-0.3, -0.25) is 4.40 Å². The number of hydrogen-bond acceptors (Lipinski definition) is 3. The van der Waals surface area contributed by atoms with Crippen molar-refractivity contribution in [2.75, 3.05) is 14.1 Å². The highest BCUT2D eigenvalue weighted by atomic mass is 16.5. The van der Waals surface area contributed by atoms with E-state index in [1.807, 2.05) is 42.7 Å². The summed E-state index contributed by atoms with van der Waals surface area (Å²) in [5, 5.41) is 0. The lowest BCUT2D eigenvalue weighted by Gasteiger charge is -2.10. The smallest absolute Gasteiger partial charge is 0.179 e. The average Bonchev–Trinajstić information content (AvgIpc) is 2.89. The molecule has 0 N–H and O–H groups in total. The van der Waals surface area contributed by atoms with Crippen molar-refractivity contribution in [1.29, 1.82) is 0 Å². The molecular weight excluding hydrogens is 262 g/mol. The van der Waals surface area contributed by atoms with Gasteiger partial charge in [-0.15, -0.1) is 0 Å². The molecule has 0 atom stereocenters. The lowest BCUT2D eigenvalue weighted by molar-refractivity contribution is 0.308. The SMILES string of the molecule is CN(C)Cc1cnc2c(OCc3ccccc3)cccn12. The van der Waals surface area contributed by atoms with Crippen LogP contribution in [-0.2, 0) is 13.2 Å². The van der Waals surface area contributed by atoms with Gasteiger partial charge in [0, 0.05) is 12.7 Å². The molecule has 0 saturated carbocycles. The van der Waals surface area contributed by atoms with Gasteiger partial charge in [-0.05, 0) is 31.8 Å². The Morgan fingerprint density at radius 2 is 1.90 bits per heavy atom. The van der Waals surface area contributed by atoms with Crippen LogP contribution in [0.4, 0.5) is 0 Å². The first-order valence-electron chi connectivity index (χ1n) is 7.00. The Kier molecular flexibility index (Phi) is 3.88. The Morgan fingerprint density at radius 1 is 1.10 bits per heavy atom. The third-order valence-electron chi connectivity index (χ3n) is 3.29. The molecule has 0 saturated heterocycles. The number of hydrogen-bond donors (Lipinski definition) is 0. The summed E-state index contributed by atoms with van der Waals surface area (Å²) in [6, 6.07) is 14.1. The molecule has 0 aliphatic carbocycles. The van der Waals surface area contributed by atoms with Crippen molar-refractivity contribution in [3.63, 3.8) is 0 Å². The summed E-state index contributed by atoms with van der Waals surface area (Å²) < 4.78 is 8.01. The second-order valence-corrected chi connectivity index (χ2v) is 5.33. The van der Waals surface area contributed by atoms with E-state index in [1.165, 1.54) is 0 Å². The third-order valence-corrected chi connectivity index (χ3v) is 3.29. The number of rotatable bonds is 5. The first kappa shape index (κ1) is 13.6. The maximum Gasteiger partial charge on any atom is 0.179 e. The Balaban J connectivity index is 1.84. The van der Waals surface area contributed by atoms with Crippen molar-refractivity contribution in [1.82, 2.24) is 14.3 Å². The highest BCUT2D eigenvalue weighted by Crippen LogP contribution is 2.21. The minimum absolute atomic E-state index is 0.552. The van der Waals surface area contributed by atoms with Crippen molar-refractivity contribution in [3.8, 4) is 5.75 Å². The molecule has 3 rings (SSSR count). The monoisotopic (exact) mass is 281 g/mol. The lowest BCUT2D eigenvalue weighted by Crippen LogP contribution is -2.12. The van der Waals surface area contributed by atoms with Crippen LogP contribution in [0.3, 0.4) is 0 Å². The summed E-state index contributed by atoms with van der Waals surface area (Å²) in [5.74, 6) is 0.811. The van der Waals surface area contributed by atoms with Gasteiger partial charge in [-0.25, -0.2) is 4.98 Å².